The first-order chi connectivity index (χ1) is 18.0. The van der Waals surface area contributed by atoms with Crippen LogP contribution in [0.3, 0.4) is 0 Å². The highest BCUT2D eigenvalue weighted by Gasteiger charge is 2.46. The molecule has 0 aromatic heterocycles. The molecular formula is C32H68O4Si. The van der Waals surface area contributed by atoms with Crippen LogP contribution in [0.5, 0.6) is 0 Å². The van der Waals surface area contributed by atoms with E-state index >= 15 is 0 Å². The lowest BCUT2D eigenvalue weighted by Gasteiger charge is -2.30. The highest BCUT2D eigenvalue weighted by Crippen LogP contribution is 2.24. The summed E-state index contributed by atoms with van der Waals surface area (Å²) in [4.78, 5) is 0. The van der Waals surface area contributed by atoms with E-state index in [1.165, 1.54) is 77.0 Å². The summed E-state index contributed by atoms with van der Waals surface area (Å²) >= 11 is 0. The molecule has 0 saturated carbocycles. The zero-order valence-electron chi connectivity index (χ0n) is 26.6. The molecule has 0 aliphatic carbocycles. The van der Waals surface area contributed by atoms with Crippen LogP contribution in [0, 0.1) is 23.7 Å². The summed E-state index contributed by atoms with van der Waals surface area (Å²) in [7, 11) is -3.21. The van der Waals surface area contributed by atoms with Gasteiger partial charge in [0.2, 0.25) is 0 Å². The van der Waals surface area contributed by atoms with Crippen molar-refractivity contribution in [2.24, 2.45) is 23.7 Å². The Balaban J connectivity index is 5.50. The summed E-state index contributed by atoms with van der Waals surface area (Å²) in [5.74, 6) is 2.81. The fraction of sp³-hybridized carbons (Fsp3) is 1.00. The molecule has 4 nitrogen and oxygen atoms in total. The third kappa shape index (κ3) is 18.1. The van der Waals surface area contributed by atoms with Crippen LogP contribution in [0.25, 0.3) is 0 Å². The Morgan fingerprint density at radius 3 is 0.730 bits per heavy atom. The molecule has 0 rings (SSSR count). The van der Waals surface area contributed by atoms with Gasteiger partial charge in [-0.05, 0) is 49.4 Å². The Kier molecular flexibility index (Phi) is 25.1. The fourth-order valence-corrected chi connectivity index (χ4v) is 7.47. The number of hydrogen-bond acceptors (Lipinski definition) is 4. The third-order valence-corrected chi connectivity index (χ3v) is 10.5. The van der Waals surface area contributed by atoms with Gasteiger partial charge in [-0.3, -0.25) is 0 Å². The van der Waals surface area contributed by atoms with E-state index in [4.69, 9.17) is 17.7 Å². The van der Waals surface area contributed by atoms with Crippen LogP contribution >= 0.6 is 0 Å². The van der Waals surface area contributed by atoms with E-state index in [2.05, 4.69) is 55.4 Å². The molecule has 0 N–H and O–H groups in total. The number of rotatable bonds is 28. The van der Waals surface area contributed by atoms with Gasteiger partial charge in [-0.1, -0.05) is 132 Å². The zero-order chi connectivity index (χ0) is 27.8. The smallest absolute Gasteiger partial charge is 0.351 e. The van der Waals surface area contributed by atoms with Crippen molar-refractivity contribution in [3.05, 3.63) is 0 Å². The SMILES string of the molecule is CCCC(CC)CCO[Si](OCCC(CC)CCC)(OCCC(CC)CCC)OCCC(CC)CCC. The van der Waals surface area contributed by atoms with Crippen molar-refractivity contribution >= 4 is 9.05 Å². The number of hydrogen-bond donors (Lipinski definition) is 0. The summed E-state index contributed by atoms with van der Waals surface area (Å²) in [5, 5.41) is 0. The van der Waals surface area contributed by atoms with Crippen LogP contribution in [0.1, 0.15) is 158 Å². The Hall–Kier alpha value is 0.0569. The van der Waals surface area contributed by atoms with Gasteiger partial charge < -0.3 is 17.7 Å². The van der Waals surface area contributed by atoms with Crippen LogP contribution in [-0.4, -0.2) is 35.5 Å². The molecule has 4 unspecified atom stereocenters. The van der Waals surface area contributed by atoms with Gasteiger partial charge in [0.05, 0.1) is 0 Å². The Labute approximate surface area is 234 Å². The molecule has 0 bridgehead atoms. The predicted molar refractivity (Wildman–Crippen MR) is 163 cm³/mol. The molecule has 224 valence electrons. The van der Waals surface area contributed by atoms with Crippen molar-refractivity contribution in [1.29, 1.82) is 0 Å². The van der Waals surface area contributed by atoms with E-state index in [-0.39, 0.29) is 0 Å². The molecule has 0 heterocycles. The minimum absolute atomic E-state index is 0.676. The largest absolute Gasteiger partial charge is 0.679 e. The lowest BCUT2D eigenvalue weighted by atomic mass is 9.98. The first-order valence-electron chi connectivity index (χ1n) is 16.5. The van der Waals surface area contributed by atoms with Gasteiger partial charge in [0.1, 0.15) is 0 Å². The van der Waals surface area contributed by atoms with Crippen molar-refractivity contribution in [3.63, 3.8) is 0 Å². The Morgan fingerprint density at radius 2 is 0.568 bits per heavy atom. The molecule has 0 amide bonds. The van der Waals surface area contributed by atoms with Gasteiger partial charge in [0.25, 0.3) is 0 Å². The topological polar surface area (TPSA) is 36.9 Å². The summed E-state index contributed by atoms with van der Waals surface area (Å²) < 4.78 is 26.4. The van der Waals surface area contributed by atoms with E-state index in [9.17, 15) is 0 Å². The lowest BCUT2D eigenvalue weighted by molar-refractivity contribution is -0.0434. The van der Waals surface area contributed by atoms with E-state index in [1.807, 2.05) is 0 Å². The maximum absolute atomic E-state index is 6.61. The highest BCUT2D eigenvalue weighted by molar-refractivity contribution is 6.53. The summed E-state index contributed by atoms with van der Waals surface area (Å²) in [6.45, 7) is 21.0. The van der Waals surface area contributed by atoms with Gasteiger partial charge in [0.15, 0.2) is 0 Å². The standard InChI is InChI=1S/C32H68O4Si/c1-9-17-29(13-5)21-25-33-37(34-26-22-30(14-6)18-10-2,35-27-23-31(15-7)19-11-3)36-28-24-32(16-8)20-12-4/h29-32H,9-28H2,1-8H3. The van der Waals surface area contributed by atoms with Crippen LogP contribution < -0.4 is 0 Å². The van der Waals surface area contributed by atoms with Gasteiger partial charge in [-0.2, -0.15) is 0 Å². The van der Waals surface area contributed by atoms with Gasteiger partial charge >= 0.3 is 9.05 Å². The van der Waals surface area contributed by atoms with Crippen molar-refractivity contribution in [3.8, 4) is 0 Å². The predicted octanol–water partition coefficient (Wildman–Crippen LogP) is 10.4. The minimum atomic E-state index is -3.21. The van der Waals surface area contributed by atoms with E-state index in [1.54, 1.807) is 0 Å². The van der Waals surface area contributed by atoms with Crippen molar-refractivity contribution in [2.75, 3.05) is 26.4 Å². The second-order valence-electron chi connectivity index (χ2n) is 11.3. The van der Waals surface area contributed by atoms with E-state index in [0.717, 1.165) is 25.7 Å². The van der Waals surface area contributed by atoms with E-state index in [0.29, 0.717) is 50.1 Å². The molecular weight excluding hydrogens is 476 g/mol. The summed E-state index contributed by atoms with van der Waals surface area (Å²) in [6.07, 6.45) is 19.0. The van der Waals surface area contributed by atoms with Crippen molar-refractivity contribution in [1.82, 2.24) is 0 Å². The molecule has 0 fully saturated rings. The Bertz CT molecular complexity index is 390. The summed E-state index contributed by atoms with van der Waals surface area (Å²) in [5.41, 5.74) is 0. The molecule has 0 radical (unpaired) electrons. The van der Waals surface area contributed by atoms with Crippen LogP contribution in [0.15, 0.2) is 0 Å². The van der Waals surface area contributed by atoms with Gasteiger partial charge in [-0.25, -0.2) is 0 Å². The molecule has 0 aliphatic rings. The van der Waals surface area contributed by atoms with E-state index < -0.39 is 9.05 Å². The lowest BCUT2D eigenvalue weighted by Crippen LogP contribution is -2.50. The highest BCUT2D eigenvalue weighted by atomic mass is 28.4. The van der Waals surface area contributed by atoms with Crippen LogP contribution in [0.4, 0.5) is 0 Å². The molecule has 37 heavy (non-hydrogen) atoms. The maximum Gasteiger partial charge on any atom is 0.679 e. The van der Waals surface area contributed by atoms with Crippen molar-refractivity contribution in [2.45, 2.75) is 158 Å². The molecule has 0 aromatic rings. The molecule has 4 atom stereocenters. The van der Waals surface area contributed by atoms with Gasteiger partial charge in [0, 0.05) is 26.4 Å². The first-order valence-corrected chi connectivity index (χ1v) is 18.2. The fourth-order valence-electron chi connectivity index (χ4n) is 5.50. The third-order valence-electron chi connectivity index (χ3n) is 8.32. The molecule has 0 saturated heterocycles. The van der Waals surface area contributed by atoms with Crippen LogP contribution in [0.2, 0.25) is 0 Å². The zero-order valence-corrected chi connectivity index (χ0v) is 27.6. The second-order valence-corrected chi connectivity index (χ2v) is 13.5. The van der Waals surface area contributed by atoms with Gasteiger partial charge in [-0.15, -0.1) is 0 Å². The van der Waals surface area contributed by atoms with Crippen LogP contribution in [-0.2, 0) is 17.7 Å². The summed E-state index contributed by atoms with van der Waals surface area (Å²) in [6, 6.07) is 0. The Morgan fingerprint density at radius 1 is 0.351 bits per heavy atom. The quantitative estimate of drug-likeness (QED) is 0.0918. The monoisotopic (exact) mass is 544 g/mol. The molecule has 0 spiro atoms. The van der Waals surface area contributed by atoms with Crippen molar-refractivity contribution < 1.29 is 17.7 Å². The minimum Gasteiger partial charge on any atom is -0.351 e. The molecule has 5 heteroatoms. The maximum atomic E-state index is 6.61. The average molecular weight is 545 g/mol. The first kappa shape index (κ1) is 37.1. The molecule has 0 aromatic carbocycles. The average Bonchev–Trinajstić information content (AvgIpc) is 2.90. The normalized spacial score (nSPS) is 16.9. The second kappa shape index (κ2) is 25.1. The molecule has 0 aliphatic heterocycles.